The fraction of sp³-hybridized carbons (Fsp3) is 0.611. The van der Waals surface area contributed by atoms with Gasteiger partial charge in [-0.2, -0.15) is 0 Å². The normalized spacial score (nSPS) is 18.5. The van der Waals surface area contributed by atoms with Crippen LogP contribution in [0.2, 0.25) is 0 Å². The molecule has 1 atom stereocenters. The number of piperidine rings is 1. The lowest BCUT2D eigenvalue weighted by molar-refractivity contribution is -0.150. The van der Waals surface area contributed by atoms with Crippen LogP contribution in [0.1, 0.15) is 32.3 Å². The van der Waals surface area contributed by atoms with Crippen molar-refractivity contribution >= 4 is 5.97 Å². The number of esters is 1. The quantitative estimate of drug-likeness (QED) is 0.723. The Hall–Kier alpha value is -1.75. The Morgan fingerprint density at radius 1 is 1.26 bits per heavy atom. The molecule has 0 saturated carbocycles. The first-order valence-corrected chi connectivity index (χ1v) is 8.36. The average Bonchev–Trinajstić information content (AvgIpc) is 2.56. The molecule has 5 nitrogen and oxygen atoms in total. The van der Waals surface area contributed by atoms with Crippen molar-refractivity contribution in [1.82, 2.24) is 4.90 Å². The van der Waals surface area contributed by atoms with Crippen LogP contribution in [0.15, 0.2) is 18.2 Å². The van der Waals surface area contributed by atoms with E-state index < -0.39 is 0 Å². The number of hydrogen-bond donors (Lipinski definition) is 0. The summed E-state index contributed by atoms with van der Waals surface area (Å²) in [4.78, 5) is 14.2. The molecule has 1 aromatic carbocycles. The maximum Gasteiger partial charge on any atom is 0.310 e. The van der Waals surface area contributed by atoms with Crippen molar-refractivity contribution in [2.75, 3.05) is 33.4 Å². The molecule has 0 aromatic heterocycles. The van der Waals surface area contributed by atoms with E-state index >= 15 is 0 Å². The lowest BCUT2D eigenvalue weighted by Gasteiger charge is -2.31. The molecule has 0 aliphatic carbocycles. The van der Waals surface area contributed by atoms with Gasteiger partial charge in [0, 0.05) is 13.1 Å². The summed E-state index contributed by atoms with van der Waals surface area (Å²) < 4.78 is 16.1. The molecule has 0 spiro atoms. The van der Waals surface area contributed by atoms with E-state index in [1.807, 2.05) is 26.0 Å². The average molecular weight is 321 g/mol. The van der Waals surface area contributed by atoms with Crippen molar-refractivity contribution < 1.29 is 19.0 Å². The summed E-state index contributed by atoms with van der Waals surface area (Å²) in [6, 6.07) is 6.01. The van der Waals surface area contributed by atoms with Gasteiger partial charge < -0.3 is 14.2 Å². The molecule has 1 saturated heterocycles. The second kappa shape index (κ2) is 8.77. The Morgan fingerprint density at radius 2 is 2.09 bits per heavy atom. The van der Waals surface area contributed by atoms with Crippen molar-refractivity contribution in [3.8, 4) is 11.5 Å². The highest BCUT2D eigenvalue weighted by Crippen LogP contribution is 2.29. The van der Waals surface area contributed by atoms with Gasteiger partial charge in [0.15, 0.2) is 11.5 Å². The van der Waals surface area contributed by atoms with Crippen molar-refractivity contribution in [2.24, 2.45) is 5.92 Å². The molecule has 0 bridgehead atoms. The van der Waals surface area contributed by atoms with Crippen molar-refractivity contribution in [2.45, 2.75) is 33.2 Å². The van der Waals surface area contributed by atoms with Crippen molar-refractivity contribution in [3.05, 3.63) is 23.8 Å². The molecule has 128 valence electrons. The van der Waals surface area contributed by atoms with Gasteiger partial charge in [0.2, 0.25) is 0 Å². The Bertz CT molecular complexity index is 518. The van der Waals surface area contributed by atoms with E-state index in [0.717, 1.165) is 44.0 Å². The summed E-state index contributed by atoms with van der Waals surface area (Å²) >= 11 is 0. The van der Waals surface area contributed by atoms with E-state index in [1.54, 1.807) is 7.11 Å². The van der Waals surface area contributed by atoms with Crippen LogP contribution in [0.4, 0.5) is 0 Å². The van der Waals surface area contributed by atoms with Gasteiger partial charge in [-0.05, 0) is 50.9 Å². The van der Waals surface area contributed by atoms with Gasteiger partial charge in [-0.3, -0.25) is 9.69 Å². The first-order chi connectivity index (χ1) is 11.2. The van der Waals surface area contributed by atoms with Crippen molar-refractivity contribution in [1.29, 1.82) is 0 Å². The molecule has 1 aromatic rings. The monoisotopic (exact) mass is 321 g/mol. The third kappa shape index (κ3) is 4.86. The van der Waals surface area contributed by atoms with Crippen LogP contribution in [0.3, 0.4) is 0 Å². The second-order valence-electron chi connectivity index (χ2n) is 5.74. The number of ether oxygens (including phenoxy) is 3. The second-order valence-corrected chi connectivity index (χ2v) is 5.74. The summed E-state index contributed by atoms with van der Waals surface area (Å²) in [6.45, 7) is 7.44. The molecule has 1 heterocycles. The van der Waals surface area contributed by atoms with Crippen LogP contribution in [-0.4, -0.2) is 44.3 Å². The molecule has 1 aliphatic heterocycles. The molecule has 0 radical (unpaired) electrons. The van der Waals surface area contributed by atoms with E-state index in [2.05, 4.69) is 11.0 Å². The molecule has 23 heavy (non-hydrogen) atoms. The van der Waals surface area contributed by atoms with E-state index in [9.17, 15) is 4.79 Å². The minimum absolute atomic E-state index is 0.00619. The Labute approximate surface area is 138 Å². The third-order valence-electron chi connectivity index (χ3n) is 4.06. The van der Waals surface area contributed by atoms with E-state index in [0.29, 0.717) is 13.2 Å². The number of carbonyl (C=O) groups excluding carboxylic acids is 1. The minimum atomic E-state index is -0.0677. The number of hydrogen-bond acceptors (Lipinski definition) is 5. The molecule has 2 rings (SSSR count). The highest BCUT2D eigenvalue weighted by atomic mass is 16.5. The number of carbonyl (C=O) groups is 1. The maximum atomic E-state index is 11.9. The number of nitrogens with zero attached hydrogens (tertiary/aromatic N) is 1. The van der Waals surface area contributed by atoms with Gasteiger partial charge in [0.05, 0.1) is 26.2 Å². The lowest BCUT2D eigenvalue weighted by Crippen LogP contribution is -2.38. The predicted molar refractivity (Wildman–Crippen MR) is 88.8 cm³/mol. The smallest absolute Gasteiger partial charge is 0.310 e. The fourth-order valence-electron chi connectivity index (χ4n) is 3.00. The topological polar surface area (TPSA) is 48.0 Å². The number of methoxy groups -OCH3 is 1. The van der Waals surface area contributed by atoms with Gasteiger partial charge in [0.25, 0.3) is 0 Å². The molecule has 0 N–H and O–H groups in total. The Balaban J connectivity index is 2.00. The highest BCUT2D eigenvalue weighted by Gasteiger charge is 2.26. The fourth-order valence-corrected chi connectivity index (χ4v) is 3.00. The molecule has 0 amide bonds. The summed E-state index contributed by atoms with van der Waals surface area (Å²) in [6.07, 6.45) is 1.94. The van der Waals surface area contributed by atoms with Crippen LogP contribution in [0.25, 0.3) is 0 Å². The summed E-state index contributed by atoms with van der Waals surface area (Å²) in [5, 5.41) is 0. The van der Waals surface area contributed by atoms with Crippen LogP contribution in [0.5, 0.6) is 11.5 Å². The van der Waals surface area contributed by atoms with Crippen LogP contribution in [0, 0.1) is 5.92 Å². The number of likely N-dealkylation sites (tertiary alicyclic amines) is 1. The first-order valence-electron chi connectivity index (χ1n) is 8.36. The lowest BCUT2D eigenvalue weighted by atomic mass is 9.97. The molecular formula is C18H27NO4. The van der Waals surface area contributed by atoms with Gasteiger partial charge in [-0.1, -0.05) is 6.07 Å². The first kappa shape index (κ1) is 17.6. The largest absolute Gasteiger partial charge is 0.493 e. The SMILES string of the molecule is CCOC(=O)[C@H]1CCCN(Cc2ccc(OC)c(OCC)c2)C1. The molecule has 5 heteroatoms. The van der Waals surface area contributed by atoms with Gasteiger partial charge in [-0.15, -0.1) is 0 Å². The molecule has 1 fully saturated rings. The van der Waals surface area contributed by atoms with Crippen LogP contribution < -0.4 is 9.47 Å². The van der Waals surface area contributed by atoms with Gasteiger partial charge in [0.1, 0.15) is 0 Å². The van der Waals surface area contributed by atoms with E-state index in [1.165, 1.54) is 5.56 Å². The highest BCUT2D eigenvalue weighted by molar-refractivity contribution is 5.72. The predicted octanol–water partition coefficient (Wildman–Crippen LogP) is 2.87. The maximum absolute atomic E-state index is 11.9. The molecule has 0 unspecified atom stereocenters. The van der Waals surface area contributed by atoms with Crippen LogP contribution >= 0.6 is 0 Å². The molecular weight excluding hydrogens is 294 g/mol. The summed E-state index contributed by atoms with van der Waals surface area (Å²) in [5.41, 5.74) is 1.17. The zero-order valence-electron chi connectivity index (χ0n) is 14.3. The standard InChI is InChI=1S/C18H27NO4/c1-4-22-17-11-14(8-9-16(17)21-3)12-19-10-6-7-15(13-19)18(20)23-5-2/h8-9,11,15H,4-7,10,12-13H2,1-3H3/t15-/m0/s1. The van der Waals surface area contributed by atoms with Crippen LogP contribution in [-0.2, 0) is 16.1 Å². The molecule has 1 aliphatic rings. The third-order valence-corrected chi connectivity index (χ3v) is 4.06. The zero-order valence-corrected chi connectivity index (χ0v) is 14.3. The Kier molecular flexibility index (Phi) is 6.71. The Morgan fingerprint density at radius 3 is 2.78 bits per heavy atom. The van der Waals surface area contributed by atoms with Gasteiger partial charge in [-0.25, -0.2) is 0 Å². The van der Waals surface area contributed by atoms with Crippen molar-refractivity contribution in [3.63, 3.8) is 0 Å². The number of rotatable bonds is 7. The zero-order chi connectivity index (χ0) is 16.7. The van der Waals surface area contributed by atoms with E-state index in [4.69, 9.17) is 14.2 Å². The van der Waals surface area contributed by atoms with E-state index in [-0.39, 0.29) is 11.9 Å². The summed E-state index contributed by atoms with van der Waals surface area (Å²) in [7, 11) is 1.64. The van der Waals surface area contributed by atoms with Gasteiger partial charge >= 0.3 is 5.97 Å². The number of benzene rings is 1. The summed E-state index contributed by atoms with van der Waals surface area (Å²) in [5.74, 6) is 1.44. The minimum Gasteiger partial charge on any atom is -0.493 e.